The van der Waals surface area contributed by atoms with Gasteiger partial charge >= 0.3 is 6.18 Å². The minimum atomic E-state index is -4.76. The van der Waals surface area contributed by atoms with Gasteiger partial charge < -0.3 is 10.6 Å². The van der Waals surface area contributed by atoms with Crippen molar-refractivity contribution in [2.24, 2.45) is 0 Å². The second-order valence-corrected chi connectivity index (χ2v) is 4.66. The smallest absolute Gasteiger partial charge is 0.381 e. The molecule has 0 atom stereocenters. The third-order valence-corrected chi connectivity index (χ3v) is 3.18. The van der Waals surface area contributed by atoms with Crippen molar-refractivity contribution in [2.75, 3.05) is 25.0 Å². The van der Waals surface area contributed by atoms with Gasteiger partial charge in [-0.15, -0.1) is 0 Å². The molecule has 2 rings (SSSR count). The zero-order valence-corrected chi connectivity index (χ0v) is 11.0. The lowest BCUT2D eigenvalue weighted by molar-refractivity contribution is -0.388. The highest BCUT2D eigenvalue weighted by molar-refractivity contribution is 5.55. The lowest BCUT2D eigenvalue weighted by Crippen LogP contribution is -2.23. The molecule has 21 heavy (non-hydrogen) atoms. The summed E-state index contributed by atoms with van der Waals surface area (Å²) in [5.41, 5.74) is -0.862. The molecule has 0 spiro atoms. The van der Waals surface area contributed by atoms with Crippen LogP contribution in [0.1, 0.15) is 12.0 Å². The molecule has 0 bridgehead atoms. The molecule has 1 heterocycles. The molecule has 0 amide bonds. The van der Waals surface area contributed by atoms with E-state index in [1.807, 2.05) is 6.08 Å². The fraction of sp³-hybridized carbons (Fsp3) is 0.385. The quantitative estimate of drug-likeness (QED) is 0.510. The highest BCUT2D eigenvalue weighted by atomic mass is 19.4. The molecular weight excluding hydrogens is 287 g/mol. The molecule has 1 aliphatic rings. The van der Waals surface area contributed by atoms with E-state index in [1.54, 1.807) is 0 Å². The zero-order valence-electron chi connectivity index (χ0n) is 11.0. The average Bonchev–Trinajstić information content (AvgIpc) is 2.45. The van der Waals surface area contributed by atoms with Crippen LogP contribution in [0, 0.1) is 10.1 Å². The van der Waals surface area contributed by atoms with Crippen molar-refractivity contribution in [1.29, 1.82) is 0 Å². The summed E-state index contributed by atoms with van der Waals surface area (Å²) in [6.45, 7) is 2.00. The van der Waals surface area contributed by atoms with Crippen LogP contribution < -0.4 is 10.6 Å². The van der Waals surface area contributed by atoms with E-state index in [0.29, 0.717) is 6.54 Å². The number of benzene rings is 1. The predicted molar refractivity (Wildman–Crippen MR) is 72.2 cm³/mol. The number of nitrogens with one attached hydrogen (secondary N) is 2. The summed E-state index contributed by atoms with van der Waals surface area (Å²) in [5, 5.41) is 16.7. The molecule has 0 aromatic heterocycles. The Labute approximate surface area is 119 Å². The fourth-order valence-electron chi connectivity index (χ4n) is 2.08. The lowest BCUT2D eigenvalue weighted by Gasteiger charge is -2.16. The summed E-state index contributed by atoms with van der Waals surface area (Å²) in [5.74, 6) is 0. The predicted octanol–water partition coefficient (Wildman–Crippen LogP) is 2.95. The van der Waals surface area contributed by atoms with Gasteiger partial charge in [-0.1, -0.05) is 11.6 Å². The van der Waals surface area contributed by atoms with E-state index >= 15 is 0 Å². The number of rotatable bonds is 4. The topological polar surface area (TPSA) is 67.2 Å². The van der Waals surface area contributed by atoms with E-state index in [9.17, 15) is 23.3 Å². The summed E-state index contributed by atoms with van der Waals surface area (Å²) in [7, 11) is 0. The molecule has 0 unspecified atom stereocenters. The van der Waals surface area contributed by atoms with E-state index < -0.39 is 22.4 Å². The normalized spacial score (nSPS) is 15.5. The minimum Gasteiger partial charge on any atom is -0.381 e. The first-order valence-electron chi connectivity index (χ1n) is 6.36. The second kappa shape index (κ2) is 6.13. The molecule has 1 aliphatic heterocycles. The molecule has 0 radical (unpaired) electrons. The number of hydrogen-bond donors (Lipinski definition) is 2. The molecule has 0 fully saturated rings. The van der Waals surface area contributed by atoms with Crippen LogP contribution in [0.15, 0.2) is 29.8 Å². The first-order valence-corrected chi connectivity index (χ1v) is 6.36. The largest absolute Gasteiger partial charge is 0.423 e. The maximum absolute atomic E-state index is 12.8. The lowest BCUT2D eigenvalue weighted by atomic mass is 10.1. The van der Waals surface area contributed by atoms with Gasteiger partial charge in [0.05, 0.1) is 4.92 Å². The molecule has 5 nitrogen and oxygen atoms in total. The third kappa shape index (κ3) is 3.94. The third-order valence-electron chi connectivity index (χ3n) is 3.18. The van der Waals surface area contributed by atoms with E-state index in [0.717, 1.165) is 37.2 Å². The van der Waals surface area contributed by atoms with Crippen molar-refractivity contribution in [3.05, 3.63) is 45.5 Å². The molecule has 114 valence electrons. The van der Waals surface area contributed by atoms with Crippen LogP contribution in [0.2, 0.25) is 0 Å². The number of alkyl halides is 3. The summed E-state index contributed by atoms with van der Waals surface area (Å²) in [6, 6.07) is 2.94. The molecule has 0 saturated carbocycles. The van der Waals surface area contributed by atoms with Crippen molar-refractivity contribution in [3.8, 4) is 0 Å². The van der Waals surface area contributed by atoms with Crippen molar-refractivity contribution in [1.82, 2.24) is 5.32 Å². The van der Waals surface area contributed by atoms with E-state index in [1.165, 1.54) is 6.07 Å². The molecule has 0 saturated heterocycles. The molecule has 2 N–H and O–H groups in total. The number of anilines is 1. The molecular formula is C13H14F3N3O2. The van der Waals surface area contributed by atoms with Gasteiger partial charge in [0.1, 0.15) is 5.56 Å². The van der Waals surface area contributed by atoms with Crippen LogP contribution in [-0.4, -0.2) is 24.6 Å². The fourth-order valence-corrected chi connectivity index (χ4v) is 2.08. The van der Waals surface area contributed by atoms with Gasteiger partial charge in [0.2, 0.25) is 0 Å². The van der Waals surface area contributed by atoms with Crippen molar-refractivity contribution in [3.63, 3.8) is 0 Å². The Morgan fingerprint density at radius 3 is 2.71 bits per heavy atom. The van der Waals surface area contributed by atoms with E-state index in [2.05, 4.69) is 10.6 Å². The van der Waals surface area contributed by atoms with Crippen LogP contribution in [0.5, 0.6) is 0 Å². The number of hydrogen-bond acceptors (Lipinski definition) is 4. The van der Waals surface area contributed by atoms with E-state index in [4.69, 9.17) is 0 Å². The standard InChI is InChI=1S/C13H14F3N3O2/c14-13(15,16)11-7-10(1-2-12(11)19(20)21)18-8-9-3-5-17-6-4-9/h1-3,7,17-18H,4-6,8H2. The Morgan fingerprint density at radius 2 is 2.14 bits per heavy atom. The summed E-state index contributed by atoms with van der Waals surface area (Å²) >= 11 is 0. The average molecular weight is 301 g/mol. The Bertz CT molecular complexity index is 570. The maximum Gasteiger partial charge on any atom is 0.423 e. The van der Waals surface area contributed by atoms with Crippen LogP contribution in [0.25, 0.3) is 0 Å². The number of nitrogens with zero attached hydrogens (tertiary/aromatic N) is 1. The summed E-state index contributed by atoms with van der Waals surface area (Å²) < 4.78 is 38.5. The molecule has 1 aromatic carbocycles. The first kappa shape index (κ1) is 15.3. The van der Waals surface area contributed by atoms with Gasteiger partial charge in [-0.25, -0.2) is 0 Å². The highest BCUT2D eigenvalue weighted by Gasteiger charge is 2.38. The van der Waals surface area contributed by atoms with Crippen LogP contribution in [0.4, 0.5) is 24.5 Å². The number of nitro benzene ring substituents is 1. The van der Waals surface area contributed by atoms with E-state index in [-0.39, 0.29) is 5.69 Å². The van der Waals surface area contributed by atoms with Crippen molar-refractivity contribution < 1.29 is 18.1 Å². The van der Waals surface area contributed by atoms with Crippen molar-refractivity contribution >= 4 is 11.4 Å². The number of nitro groups is 1. The van der Waals surface area contributed by atoms with Gasteiger partial charge in [0.25, 0.3) is 5.69 Å². The van der Waals surface area contributed by atoms with Crippen LogP contribution >= 0.6 is 0 Å². The Balaban J connectivity index is 2.17. The Hall–Kier alpha value is -2.09. The van der Waals surface area contributed by atoms with Gasteiger partial charge in [-0.3, -0.25) is 10.1 Å². The molecule has 8 heteroatoms. The highest BCUT2D eigenvalue weighted by Crippen LogP contribution is 2.37. The van der Waals surface area contributed by atoms with Gasteiger partial charge in [-0.05, 0) is 25.1 Å². The first-order chi connectivity index (χ1) is 9.88. The summed E-state index contributed by atoms with van der Waals surface area (Å²) in [4.78, 5) is 9.63. The summed E-state index contributed by atoms with van der Waals surface area (Å²) in [6.07, 6.45) is -1.95. The monoisotopic (exact) mass is 301 g/mol. The Kier molecular flexibility index (Phi) is 4.46. The number of halogens is 3. The SMILES string of the molecule is O=[N+]([O-])c1ccc(NCC2=CCNCC2)cc1C(F)(F)F. The van der Waals surface area contributed by atoms with Gasteiger partial charge in [-0.2, -0.15) is 13.2 Å². The van der Waals surface area contributed by atoms with Gasteiger partial charge in [0.15, 0.2) is 0 Å². The molecule has 1 aromatic rings. The van der Waals surface area contributed by atoms with Gasteiger partial charge in [0, 0.05) is 24.8 Å². The Morgan fingerprint density at radius 1 is 1.38 bits per heavy atom. The maximum atomic E-state index is 12.8. The molecule has 0 aliphatic carbocycles. The van der Waals surface area contributed by atoms with Crippen LogP contribution in [0.3, 0.4) is 0 Å². The minimum absolute atomic E-state index is 0.215. The zero-order chi connectivity index (χ0) is 15.5. The van der Waals surface area contributed by atoms with Crippen LogP contribution in [-0.2, 0) is 6.18 Å². The van der Waals surface area contributed by atoms with Crippen molar-refractivity contribution in [2.45, 2.75) is 12.6 Å². The second-order valence-electron chi connectivity index (χ2n) is 4.66.